The summed E-state index contributed by atoms with van der Waals surface area (Å²) in [7, 11) is 0. The largest absolute Gasteiger partial charge is 0.309 e. The molecule has 7 aromatic carbocycles. The monoisotopic (exact) mass is 573 g/mol. The van der Waals surface area contributed by atoms with Crippen LogP contribution in [0.5, 0.6) is 0 Å². The second kappa shape index (κ2) is 9.22. The van der Waals surface area contributed by atoms with Crippen LogP contribution in [0.15, 0.2) is 164 Å². The molecular formula is C42H27N3. The molecule has 0 aliphatic rings. The smallest absolute Gasteiger partial charge is 0.0561 e. The summed E-state index contributed by atoms with van der Waals surface area (Å²) in [6.45, 7) is 0. The first-order valence-electron chi connectivity index (χ1n) is 15.5. The Morgan fingerprint density at radius 3 is 1.18 bits per heavy atom. The van der Waals surface area contributed by atoms with Crippen LogP contribution < -0.4 is 0 Å². The minimum absolute atomic E-state index is 1.16. The Balaban J connectivity index is 1.28. The lowest BCUT2D eigenvalue weighted by molar-refractivity contribution is 1.15. The van der Waals surface area contributed by atoms with E-state index < -0.39 is 0 Å². The molecule has 45 heavy (non-hydrogen) atoms. The minimum atomic E-state index is 1.16. The average Bonchev–Trinajstić information content (AvgIpc) is 3.74. The maximum Gasteiger partial charge on any atom is 0.0561 e. The Kier molecular flexibility index (Phi) is 5.00. The molecule has 210 valence electrons. The zero-order chi connectivity index (χ0) is 29.5. The maximum absolute atomic E-state index is 2.44. The number of para-hydroxylation sites is 5. The van der Waals surface area contributed by atoms with Crippen LogP contribution in [-0.4, -0.2) is 13.7 Å². The van der Waals surface area contributed by atoms with Crippen molar-refractivity contribution in [1.29, 1.82) is 0 Å². The first-order valence-corrected chi connectivity index (χ1v) is 15.5. The van der Waals surface area contributed by atoms with E-state index in [9.17, 15) is 0 Å². The van der Waals surface area contributed by atoms with Crippen LogP contribution in [-0.2, 0) is 0 Å². The average molecular weight is 574 g/mol. The van der Waals surface area contributed by atoms with Gasteiger partial charge in [0.25, 0.3) is 0 Å². The fourth-order valence-electron chi connectivity index (χ4n) is 7.53. The van der Waals surface area contributed by atoms with Crippen LogP contribution in [0.1, 0.15) is 0 Å². The van der Waals surface area contributed by atoms with E-state index in [2.05, 4.69) is 177 Å². The molecule has 0 saturated carbocycles. The van der Waals surface area contributed by atoms with Gasteiger partial charge in [-0.3, -0.25) is 0 Å². The summed E-state index contributed by atoms with van der Waals surface area (Å²) in [6, 6.07) is 59.5. The van der Waals surface area contributed by atoms with Gasteiger partial charge in [0, 0.05) is 49.4 Å². The molecule has 0 N–H and O–H groups in total. The lowest BCUT2D eigenvalue weighted by Crippen LogP contribution is -1.97. The summed E-state index contributed by atoms with van der Waals surface area (Å²) in [6.07, 6.45) is 0. The molecule has 0 spiro atoms. The third-order valence-electron chi connectivity index (χ3n) is 9.42. The highest BCUT2D eigenvalue weighted by Gasteiger charge is 2.18. The number of aromatic nitrogens is 3. The van der Waals surface area contributed by atoms with Crippen molar-refractivity contribution in [2.45, 2.75) is 0 Å². The molecule has 0 bridgehead atoms. The van der Waals surface area contributed by atoms with E-state index in [0.717, 1.165) is 11.4 Å². The van der Waals surface area contributed by atoms with Crippen molar-refractivity contribution in [3.8, 4) is 17.1 Å². The quantitative estimate of drug-likeness (QED) is 0.200. The van der Waals surface area contributed by atoms with Crippen LogP contribution in [0.3, 0.4) is 0 Å². The molecule has 3 aromatic heterocycles. The fraction of sp³-hybridized carbons (Fsp3) is 0. The SMILES string of the molecule is c1ccc(-n2c3ccccc3c3cc(-n4c5ccccc5c5ccc(-n6c7ccccc7c7ccccc76)cc54)ccc32)cc1. The molecule has 0 atom stereocenters. The van der Waals surface area contributed by atoms with Gasteiger partial charge in [0.2, 0.25) is 0 Å². The summed E-state index contributed by atoms with van der Waals surface area (Å²) in [5.41, 5.74) is 10.7. The molecule has 3 heteroatoms. The number of rotatable bonds is 3. The van der Waals surface area contributed by atoms with E-state index in [1.54, 1.807) is 0 Å². The summed E-state index contributed by atoms with van der Waals surface area (Å²) in [4.78, 5) is 0. The van der Waals surface area contributed by atoms with Crippen LogP contribution >= 0.6 is 0 Å². The molecule has 0 aliphatic carbocycles. The zero-order valence-electron chi connectivity index (χ0n) is 24.4. The molecule has 3 heterocycles. The highest BCUT2D eigenvalue weighted by atomic mass is 15.0. The highest BCUT2D eigenvalue weighted by molar-refractivity contribution is 6.13. The molecule has 0 amide bonds. The molecule has 0 unspecified atom stereocenters. The van der Waals surface area contributed by atoms with E-state index in [1.165, 1.54) is 71.1 Å². The Morgan fingerprint density at radius 1 is 0.222 bits per heavy atom. The molecule has 0 fully saturated rings. The van der Waals surface area contributed by atoms with E-state index in [-0.39, 0.29) is 0 Å². The van der Waals surface area contributed by atoms with Crippen molar-refractivity contribution in [3.63, 3.8) is 0 Å². The zero-order valence-corrected chi connectivity index (χ0v) is 24.4. The summed E-state index contributed by atoms with van der Waals surface area (Å²) in [5.74, 6) is 0. The van der Waals surface area contributed by atoms with Gasteiger partial charge < -0.3 is 13.7 Å². The molecule has 10 rings (SSSR count). The lowest BCUT2D eigenvalue weighted by atomic mass is 10.1. The third-order valence-corrected chi connectivity index (χ3v) is 9.42. The van der Waals surface area contributed by atoms with Gasteiger partial charge in [0.15, 0.2) is 0 Å². The fourth-order valence-corrected chi connectivity index (χ4v) is 7.53. The van der Waals surface area contributed by atoms with Crippen molar-refractivity contribution >= 4 is 65.4 Å². The summed E-state index contributed by atoms with van der Waals surface area (Å²) >= 11 is 0. The molecule has 10 aromatic rings. The van der Waals surface area contributed by atoms with Crippen molar-refractivity contribution in [2.75, 3.05) is 0 Å². The van der Waals surface area contributed by atoms with Gasteiger partial charge >= 0.3 is 0 Å². The summed E-state index contributed by atoms with van der Waals surface area (Å²) < 4.78 is 7.22. The predicted octanol–water partition coefficient (Wildman–Crippen LogP) is 11.0. The number of fused-ring (bicyclic) bond motifs is 9. The van der Waals surface area contributed by atoms with E-state index >= 15 is 0 Å². The Labute approximate surface area is 259 Å². The van der Waals surface area contributed by atoms with Crippen molar-refractivity contribution < 1.29 is 0 Å². The maximum atomic E-state index is 2.44. The van der Waals surface area contributed by atoms with Crippen LogP contribution in [0.4, 0.5) is 0 Å². The van der Waals surface area contributed by atoms with Gasteiger partial charge in [0.1, 0.15) is 0 Å². The van der Waals surface area contributed by atoms with Gasteiger partial charge in [0.05, 0.1) is 33.1 Å². The summed E-state index contributed by atoms with van der Waals surface area (Å²) in [5, 5.41) is 7.55. The van der Waals surface area contributed by atoms with Crippen molar-refractivity contribution in [1.82, 2.24) is 13.7 Å². The van der Waals surface area contributed by atoms with E-state index in [0.29, 0.717) is 0 Å². The van der Waals surface area contributed by atoms with Crippen LogP contribution in [0.25, 0.3) is 82.5 Å². The Hall–Kier alpha value is -6.06. The van der Waals surface area contributed by atoms with E-state index in [4.69, 9.17) is 0 Å². The standard InChI is InChI=1S/C42H27N3/c1-2-12-28(13-3-1)43-40-21-11-7-17-34(40)36-26-29(23-25-41(36)43)45-39-20-10-6-16-33(39)35-24-22-30(27-42(35)45)44-37-18-8-4-14-31(37)32-15-5-9-19-38(32)44/h1-27H. The first kappa shape index (κ1) is 24.4. The third kappa shape index (κ3) is 3.41. The Morgan fingerprint density at radius 2 is 0.600 bits per heavy atom. The predicted molar refractivity (Wildman–Crippen MR) is 189 cm³/mol. The number of benzene rings is 7. The second-order valence-electron chi connectivity index (χ2n) is 11.8. The topological polar surface area (TPSA) is 14.8 Å². The number of hydrogen-bond acceptors (Lipinski definition) is 0. The lowest BCUT2D eigenvalue weighted by Gasteiger charge is -2.12. The van der Waals surface area contributed by atoms with Gasteiger partial charge in [-0.05, 0) is 66.7 Å². The van der Waals surface area contributed by atoms with Gasteiger partial charge in [-0.1, -0.05) is 97.1 Å². The van der Waals surface area contributed by atoms with E-state index in [1.807, 2.05) is 0 Å². The van der Waals surface area contributed by atoms with Crippen molar-refractivity contribution in [2.24, 2.45) is 0 Å². The number of nitrogens with zero attached hydrogens (tertiary/aromatic N) is 3. The molecule has 0 radical (unpaired) electrons. The Bertz CT molecular complexity index is 2700. The minimum Gasteiger partial charge on any atom is -0.309 e. The molecule has 0 saturated heterocycles. The second-order valence-corrected chi connectivity index (χ2v) is 11.8. The van der Waals surface area contributed by atoms with Crippen LogP contribution in [0, 0.1) is 0 Å². The normalized spacial score (nSPS) is 12.0. The van der Waals surface area contributed by atoms with Crippen molar-refractivity contribution in [3.05, 3.63) is 164 Å². The number of hydrogen-bond donors (Lipinski definition) is 0. The molecular weight excluding hydrogens is 546 g/mol. The molecule has 3 nitrogen and oxygen atoms in total. The first-order chi connectivity index (χ1) is 22.3. The molecule has 0 aliphatic heterocycles. The highest BCUT2D eigenvalue weighted by Crippen LogP contribution is 2.39. The van der Waals surface area contributed by atoms with Gasteiger partial charge in [-0.2, -0.15) is 0 Å². The van der Waals surface area contributed by atoms with Gasteiger partial charge in [-0.15, -0.1) is 0 Å². The van der Waals surface area contributed by atoms with Crippen LogP contribution in [0.2, 0.25) is 0 Å². The van der Waals surface area contributed by atoms with Gasteiger partial charge in [-0.25, -0.2) is 0 Å².